The predicted octanol–water partition coefficient (Wildman–Crippen LogP) is 3.95. The van der Waals surface area contributed by atoms with E-state index in [2.05, 4.69) is 10.3 Å². The molecule has 110 valence electrons. The van der Waals surface area contributed by atoms with Crippen molar-refractivity contribution in [1.29, 1.82) is 0 Å². The summed E-state index contributed by atoms with van der Waals surface area (Å²) in [7, 11) is 0. The molecule has 0 aliphatic heterocycles. The van der Waals surface area contributed by atoms with Crippen LogP contribution in [0.3, 0.4) is 0 Å². The van der Waals surface area contributed by atoms with Crippen LogP contribution in [0.2, 0.25) is 0 Å². The number of nitrogens with one attached hydrogen (secondary N) is 1. The molecule has 20 heavy (non-hydrogen) atoms. The summed E-state index contributed by atoms with van der Waals surface area (Å²) >= 11 is 1.26. The van der Waals surface area contributed by atoms with Crippen molar-refractivity contribution in [3.8, 4) is 0 Å². The van der Waals surface area contributed by atoms with Crippen molar-refractivity contribution in [2.75, 3.05) is 5.32 Å². The van der Waals surface area contributed by atoms with Crippen LogP contribution in [0.1, 0.15) is 67.2 Å². The highest BCUT2D eigenvalue weighted by molar-refractivity contribution is 7.17. The van der Waals surface area contributed by atoms with E-state index in [4.69, 9.17) is 0 Å². The van der Waals surface area contributed by atoms with Crippen molar-refractivity contribution in [1.82, 2.24) is 4.98 Å². The van der Waals surface area contributed by atoms with Gasteiger partial charge in [0.2, 0.25) is 5.91 Å². The van der Waals surface area contributed by atoms with Crippen molar-refractivity contribution >= 4 is 28.2 Å². The lowest BCUT2D eigenvalue weighted by Crippen LogP contribution is -2.14. The molecule has 0 aromatic carbocycles. The number of amides is 1. The Kier molecular flexibility index (Phi) is 5.29. The predicted molar refractivity (Wildman–Crippen MR) is 81.3 cm³/mol. The zero-order valence-electron chi connectivity index (χ0n) is 12.2. The minimum atomic E-state index is 0.00250. The van der Waals surface area contributed by atoms with Crippen molar-refractivity contribution < 1.29 is 9.59 Å². The lowest BCUT2D eigenvalue weighted by Gasteiger charge is -2.20. The van der Waals surface area contributed by atoms with Gasteiger partial charge in [-0.25, -0.2) is 4.98 Å². The van der Waals surface area contributed by atoms with E-state index in [0.29, 0.717) is 28.0 Å². The first-order chi connectivity index (χ1) is 9.56. The number of rotatable bonds is 5. The van der Waals surface area contributed by atoms with Crippen LogP contribution in [0.4, 0.5) is 5.13 Å². The summed E-state index contributed by atoms with van der Waals surface area (Å²) in [5.41, 5.74) is 0.699. The lowest BCUT2D eigenvalue weighted by molar-refractivity contribution is -0.116. The van der Waals surface area contributed by atoms with E-state index >= 15 is 0 Å². The number of aromatic nitrogens is 1. The number of nitrogens with zero attached hydrogens (tertiary/aromatic N) is 1. The Morgan fingerprint density at radius 1 is 1.30 bits per heavy atom. The number of carbonyl (C=O) groups excluding carboxylic acids is 2. The number of anilines is 1. The Hall–Kier alpha value is -1.23. The Bertz CT molecular complexity index is 490. The highest BCUT2D eigenvalue weighted by Gasteiger charge is 2.16. The molecule has 1 amide bonds. The second-order valence-corrected chi connectivity index (χ2v) is 6.58. The third kappa shape index (κ3) is 4.13. The van der Waals surface area contributed by atoms with E-state index in [1.54, 1.807) is 6.92 Å². The molecule has 1 saturated carbocycles. The maximum Gasteiger partial charge on any atom is 0.226 e. The van der Waals surface area contributed by atoms with Gasteiger partial charge in [-0.05, 0) is 19.3 Å². The van der Waals surface area contributed by atoms with Crippen LogP contribution in [0.15, 0.2) is 0 Å². The molecule has 0 spiro atoms. The topological polar surface area (TPSA) is 59.1 Å². The maximum atomic E-state index is 11.9. The number of thiazole rings is 1. The Morgan fingerprint density at radius 3 is 2.60 bits per heavy atom. The first-order valence-electron chi connectivity index (χ1n) is 7.34. The summed E-state index contributed by atoms with van der Waals surface area (Å²) in [5.74, 6) is 0.724. The average Bonchev–Trinajstić information content (AvgIpc) is 2.78. The summed E-state index contributed by atoms with van der Waals surface area (Å²) in [5, 5.41) is 3.36. The van der Waals surface area contributed by atoms with Gasteiger partial charge >= 0.3 is 0 Å². The second-order valence-electron chi connectivity index (χ2n) is 5.58. The molecule has 2 rings (SSSR count). The zero-order valence-corrected chi connectivity index (χ0v) is 13.0. The van der Waals surface area contributed by atoms with Crippen LogP contribution in [0.5, 0.6) is 0 Å². The summed E-state index contributed by atoms with van der Waals surface area (Å²) < 4.78 is 0. The van der Waals surface area contributed by atoms with Gasteiger partial charge in [0.25, 0.3) is 0 Å². The SMILES string of the molecule is CC(=O)c1sc(NC(=O)CCC2CCCCC2)nc1C. The molecule has 0 bridgehead atoms. The Morgan fingerprint density at radius 2 is 2.00 bits per heavy atom. The number of aryl methyl sites for hydroxylation is 1. The molecule has 1 aliphatic rings. The van der Waals surface area contributed by atoms with Crippen LogP contribution in [0, 0.1) is 12.8 Å². The largest absolute Gasteiger partial charge is 0.302 e. The van der Waals surface area contributed by atoms with Crippen molar-refractivity contribution in [2.24, 2.45) is 5.92 Å². The third-order valence-corrected chi connectivity index (χ3v) is 5.04. The van der Waals surface area contributed by atoms with E-state index < -0.39 is 0 Å². The highest BCUT2D eigenvalue weighted by Crippen LogP contribution is 2.28. The average molecular weight is 294 g/mol. The standard InChI is InChI=1S/C15H22N2O2S/c1-10-14(11(2)18)20-15(16-10)17-13(19)9-8-12-6-4-3-5-7-12/h12H,3-9H2,1-2H3,(H,16,17,19). The molecular formula is C15H22N2O2S. The molecule has 1 N–H and O–H groups in total. The molecule has 0 atom stereocenters. The van der Waals surface area contributed by atoms with Gasteiger partial charge in [0.15, 0.2) is 10.9 Å². The van der Waals surface area contributed by atoms with Crippen molar-refractivity contribution in [2.45, 2.75) is 58.8 Å². The molecule has 1 aliphatic carbocycles. The van der Waals surface area contributed by atoms with E-state index in [9.17, 15) is 9.59 Å². The molecule has 1 heterocycles. The number of carbonyl (C=O) groups is 2. The fraction of sp³-hybridized carbons (Fsp3) is 0.667. The van der Waals surface area contributed by atoms with Crippen LogP contribution in [-0.2, 0) is 4.79 Å². The fourth-order valence-electron chi connectivity index (χ4n) is 2.77. The number of hydrogen-bond acceptors (Lipinski definition) is 4. The Labute approximate surface area is 124 Å². The smallest absolute Gasteiger partial charge is 0.226 e. The van der Waals surface area contributed by atoms with Gasteiger partial charge in [0.1, 0.15) is 0 Å². The number of hydrogen-bond donors (Lipinski definition) is 1. The zero-order chi connectivity index (χ0) is 14.5. The molecule has 1 aromatic rings. The van der Waals surface area contributed by atoms with E-state index in [1.165, 1.54) is 50.4 Å². The summed E-state index contributed by atoms with van der Waals surface area (Å²) in [6.45, 7) is 3.32. The van der Waals surface area contributed by atoms with E-state index in [0.717, 1.165) is 6.42 Å². The van der Waals surface area contributed by atoms with Gasteiger partial charge in [-0.1, -0.05) is 43.4 Å². The lowest BCUT2D eigenvalue weighted by atomic mass is 9.86. The minimum absolute atomic E-state index is 0.00250. The quantitative estimate of drug-likeness (QED) is 0.836. The summed E-state index contributed by atoms with van der Waals surface area (Å²) in [4.78, 5) is 28.1. The van der Waals surface area contributed by atoms with Gasteiger partial charge in [0.05, 0.1) is 10.6 Å². The van der Waals surface area contributed by atoms with Crippen molar-refractivity contribution in [3.05, 3.63) is 10.6 Å². The number of ketones is 1. The molecule has 0 unspecified atom stereocenters. The van der Waals surface area contributed by atoms with E-state index in [1.807, 2.05) is 0 Å². The Balaban J connectivity index is 1.81. The van der Waals surface area contributed by atoms with Gasteiger partial charge in [0, 0.05) is 13.3 Å². The van der Waals surface area contributed by atoms with Gasteiger partial charge in [-0.2, -0.15) is 0 Å². The summed E-state index contributed by atoms with van der Waals surface area (Å²) in [6, 6.07) is 0. The first kappa shape index (κ1) is 15.2. The molecule has 1 aromatic heterocycles. The van der Waals surface area contributed by atoms with Crippen LogP contribution in [-0.4, -0.2) is 16.7 Å². The fourth-order valence-corrected chi connectivity index (χ4v) is 3.65. The van der Waals surface area contributed by atoms with Gasteiger partial charge in [-0.3, -0.25) is 9.59 Å². The molecule has 4 nitrogen and oxygen atoms in total. The van der Waals surface area contributed by atoms with Crippen LogP contribution < -0.4 is 5.32 Å². The van der Waals surface area contributed by atoms with Crippen molar-refractivity contribution in [3.63, 3.8) is 0 Å². The molecule has 0 saturated heterocycles. The molecule has 5 heteroatoms. The third-order valence-electron chi connectivity index (χ3n) is 3.87. The van der Waals surface area contributed by atoms with Crippen LogP contribution in [0.25, 0.3) is 0 Å². The first-order valence-corrected chi connectivity index (χ1v) is 8.16. The molecule has 1 fully saturated rings. The van der Waals surface area contributed by atoms with Gasteiger partial charge in [-0.15, -0.1) is 0 Å². The second kappa shape index (κ2) is 6.97. The van der Waals surface area contributed by atoms with E-state index in [-0.39, 0.29) is 11.7 Å². The highest BCUT2D eigenvalue weighted by atomic mass is 32.1. The monoisotopic (exact) mass is 294 g/mol. The number of Topliss-reactive ketones (excluding diaryl/α,β-unsaturated/α-hetero) is 1. The van der Waals surface area contributed by atoms with Gasteiger partial charge < -0.3 is 5.32 Å². The van der Waals surface area contributed by atoms with Crippen LogP contribution >= 0.6 is 11.3 Å². The summed E-state index contributed by atoms with van der Waals surface area (Å²) in [6.07, 6.45) is 8.00. The molecule has 0 radical (unpaired) electrons. The molecular weight excluding hydrogens is 272 g/mol. The normalized spacial score (nSPS) is 16.1. The minimum Gasteiger partial charge on any atom is -0.302 e. The maximum absolute atomic E-state index is 11.9.